The summed E-state index contributed by atoms with van der Waals surface area (Å²) < 4.78 is 4.38. The topological polar surface area (TPSA) is 106 Å². The fourth-order valence-electron chi connectivity index (χ4n) is 4.18. The zero-order valence-electron chi connectivity index (χ0n) is 20.5. The number of rotatable bonds is 7. The second-order valence-electron chi connectivity index (χ2n) is 8.75. The average Bonchev–Trinajstić information content (AvgIpc) is 3.28. The fraction of sp³-hybridized carbons (Fsp3) is 0.143. The average molecular weight is 495 g/mol. The molecule has 9 nitrogen and oxygen atoms in total. The summed E-state index contributed by atoms with van der Waals surface area (Å²) in [6.07, 6.45) is 0. The van der Waals surface area contributed by atoms with Crippen LogP contribution in [0, 0.1) is 0 Å². The van der Waals surface area contributed by atoms with Crippen LogP contribution < -0.4 is 16.7 Å². The molecule has 5 rings (SSSR count). The lowest BCUT2D eigenvalue weighted by atomic mass is 10.1. The van der Waals surface area contributed by atoms with E-state index in [1.807, 2.05) is 67.6 Å². The van der Waals surface area contributed by atoms with Crippen molar-refractivity contribution < 1.29 is 5.11 Å². The van der Waals surface area contributed by atoms with Gasteiger partial charge in [0.2, 0.25) is 5.95 Å². The Morgan fingerprint density at radius 2 is 1.43 bits per heavy atom. The molecule has 0 unspecified atom stereocenters. The Bertz CT molecular complexity index is 1700. The van der Waals surface area contributed by atoms with Gasteiger partial charge in [0.05, 0.1) is 18.8 Å². The number of fused-ring (bicyclic) bond motifs is 1. The van der Waals surface area contributed by atoms with Gasteiger partial charge in [0.15, 0.2) is 11.2 Å². The number of imidazole rings is 1. The van der Waals surface area contributed by atoms with E-state index in [4.69, 9.17) is 0 Å². The lowest BCUT2D eigenvalue weighted by molar-refractivity contribution is 0.475. The van der Waals surface area contributed by atoms with Crippen molar-refractivity contribution >= 4 is 22.8 Å². The van der Waals surface area contributed by atoms with Gasteiger partial charge in [-0.2, -0.15) is 10.1 Å². The van der Waals surface area contributed by atoms with E-state index in [1.54, 1.807) is 35.9 Å². The number of benzene rings is 3. The van der Waals surface area contributed by atoms with Gasteiger partial charge in [-0.25, -0.2) is 10.2 Å². The zero-order valence-corrected chi connectivity index (χ0v) is 20.5. The molecular weight excluding hydrogens is 468 g/mol. The minimum absolute atomic E-state index is 0.152. The number of hydrogen-bond donors (Lipinski definition) is 2. The molecule has 2 N–H and O–H groups in total. The second kappa shape index (κ2) is 9.98. The summed E-state index contributed by atoms with van der Waals surface area (Å²) in [5, 5.41) is 14.0. The Morgan fingerprint density at radius 1 is 0.865 bits per heavy atom. The quantitative estimate of drug-likeness (QED) is 0.266. The van der Waals surface area contributed by atoms with Crippen LogP contribution in [0.4, 0.5) is 5.95 Å². The molecule has 0 aliphatic rings. The van der Waals surface area contributed by atoms with Crippen LogP contribution in [0.2, 0.25) is 0 Å². The maximum absolute atomic E-state index is 13.7. The zero-order chi connectivity index (χ0) is 25.9. The molecule has 0 amide bonds. The van der Waals surface area contributed by atoms with Crippen molar-refractivity contribution in [1.29, 1.82) is 0 Å². The summed E-state index contributed by atoms with van der Waals surface area (Å²) >= 11 is 0. The van der Waals surface area contributed by atoms with Gasteiger partial charge >= 0.3 is 5.69 Å². The molecule has 0 bridgehead atoms. The first-order valence-corrected chi connectivity index (χ1v) is 11.8. The highest BCUT2D eigenvalue weighted by Gasteiger charge is 2.21. The summed E-state index contributed by atoms with van der Waals surface area (Å²) in [7, 11) is 1.61. The van der Waals surface area contributed by atoms with Crippen molar-refractivity contribution in [3.05, 3.63) is 122 Å². The third-order valence-corrected chi connectivity index (χ3v) is 6.21. The Labute approximate surface area is 212 Å². The predicted molar refractivity (Wildman–Crippen MR) is 144 cm³/mol. The van der Waals surface area contributed by atoms with Gasteiger partial charge in [0, 0.05) is 7.05 Å². The standard InChI is InChI=1S/C28H26N6O3/c1-19(22-13-15-23(35)16-14-22)30-31-27-29-25-24(33(27)17-20-9-5-3-6-10-20)26(36)34(28(37)32(25)2)18-21-11-7-4-8-12-21/h3-16,35H,17-18H2,1-2H3,(H,29,31)/b30-19+. The normalized spacial score (nSPS) is 11.7. The van der Waals surface area contributed by atoms with Crippen LogP contribution in [0.5, 0.6) is 5.75 Å². The number of aryl methyl sites for hydroxylation is 1. The molecule has 37 heavy (non-hydrogen) atoms. The largest absolute Gasteiger partial charge is 0.508 e. The van der Waals surface area contributed by atoms with E-state index in [1.165, 1.54) is 9.13 Å². The molecule has 0 aliphatic carbocycles. The second-order valence-corrected chi connectivity index (χ2v) is 8.75. The minimum atomic E-state index is -0.443. The molecule has 0 spiro atoms. The van der Waals surface area contributed by atoms with Crippen molar-refractivity contribution in [2.24, 2.45) is 12.1 Å². The number of nitrogens with zero attached hydrogens (tertiary/aromatic N) is 5. The first-order chi connectivity index (χ1) is 17.9. The highest BCUT2D eigenvalue weighted by molar-refractivity contribution is 5.99. The van der Waals surface area contributed by atoms with Gasteiger partial charge in [-0.15, -0.1) is 0 Å². The molecule has 0 atom stereocenters. The third kappa shape index (κ3) is 4.79. The number of anilines is 1. The summed E-state index contributed by atoms with van der Waals surface area (Å²) in [4.78, 5) is 31.5. The van der Waals surface area contributed by atoms with Crippen LogP contribution in [0.25, 0.3) is 11.2 Å². The monoisotopic (exact) mass is 494 g/mol. The van der Waals surface area contributed by atoms with E-state index >= 15 is 0 Å². The molecule has 186 valence electrons. The van der Waals surface area contributed by atoms with Gasteiger partial charge in [-0.05, 0) is 47.9 Å². The van der Waals surface area contributed by atoms with Crippen molar-refractivity contribution in [2.75, 3.05) is 5.43 Å². The molecule has 2 heterocycles. The van der Waals surface area contributed by atoms with E-state index < -0.39 is 11.2 Å². The Kier molecular flexibility index (Phi) is 6.42. The summed E-state index contributed by atoms with van der Waals surface area (Å²) in [5.41, 5.74) is 6.00. The van der Waals surface area contributed by atoms with Crippen LogP contribution in [-0.2, 0) is 20.1 Å². The molecule has 9 heteroatoms. The van der Waals surface area contributed by atoms with Crippen LogP contribution in [0.15, 0.2) is 99.6 Å². The highest BCUT2D eigenvalue weighted by Crippen LogP contribution is 2.19. The molecule has 3 aromatic carbocycles. The molecule has 0 saturated carbocycles. The van der Waals surface area contributed by atoms with Crippen molar-refractivity contribution in [2.45, 2.75) is 20.0 Å². The highest BCUT2D eigenvalue weighted by atomic mass is 16.3. The maximum Gasteiger partial charge on any atom is 0.332 e. The number of aromatic hydroxyl groups is 1. The number of phenolic OH excluding ortho intramolecular Hbond substituents is 1. The van der Waals surface area contributed by atoms with Crippen molar-refractivity contribution in [1.82, 2.24) is 18.7 Å². The summed E-state index contributed by atoms with van der Waals surface area (Å²) in [6, 6.07) is 25.8. The van der Waals surface area contributed by atoms with Crippen molar-refractivity contribution in [3.63, 3.8) is 0 Å². The predicted octanol–water partition coefficient (Wildman–Crippen LogP) is 3.54. The van der Waals surface area contributed by atoms with Gasteiger partial charge in [-0.1, -0.05) is 60.7 Å². The SMILES string of the molecule is C/C(=N\Nc1nc2c(c(=O)n(Cc3ccccc3)c(=O)n2C)n1Cc1ccccc1)c1ccc(O)cc1. The van der Waals surface area contributed by atoms with E-state index in [-0.39, 0.29) is 17.9 Å². The molecule has 0 saturated heterocycles. The van der Waals surface area contributed by atoms with Crippen LogP contribution in [0.1, 0.15) is 23.6 Å². The van der Waals surface area contributed by atoms with Gasteiger partial charge in [0.1, 0.15) is 5.75 Å². The van der Waals surface area contributed by atoms with E-state index in [0.717, 1.165) is 16.7 Å². The lowest BCUT2D eigenvalue weighted by Gasteiger charge is -2.11. The lowest BCUT2D eigenvalue weighted by Crippen LogP contribution is -2.40. The molecular formula is C28H26N6O3. The molecule has 0 fully saturated rings. The van der Waals surface area contributed by atoms with Crippen LogP contribution in [-0.4, -0.2) is 29.5 Å². The van der Waals surface area contributed by atoms with E-state index in [0.29, 0.717) is 23.7 Å². The van der Waals surface area contributed by atoms with Crippen molar-refractivity contribution in [3.8, 4) is 5.75 Å². The Hall–Kier alpha value is -4.92. The summed E-state index contributed by atoms with van der Waals surface area (Å²) in [5.74, 6) is 0.503. The molecule has 5 aromatic rings. The number of nitrogens with one attached hydrogen (secondary N) is 1. The first-order valence-electron chi connectivity index (χ1n) is 11.8. The number of phenols is 1. The van der Waals surface area contributed by atoms with Gasteiger partial charge < -0.3 is 5.11 Å². The number of hydrogen-bond acceptors (Lipinski definition) is 6. The molecule has 2 aromatic heterocycles. The maximum atomic E-state index is 13.7. The van der Waals surface area contributed by atoms with E-state index in [9.17, 15) is 14.7 Å². The minimum Gasteiger partial charge on any atom is -0.508 e. The van der Waals surface area contributed by atoms with Crippen LogP contribution in [0.3, 0.4) is 0 Å². The number of hydrazone groups is 1. The van der Waals surface area contributed by atoms with Crippen LogP contribution >= 0.6 is 0 Å². The Balaban J connectivity index is 1.65. The first kappa shape index (κ1) is 23.8. The number of aromatic nitrogens is 4. The molecule has 0 aliphatic heterocycles. The van der Waals surface area contributed by atoms with E-state index in [2.05, 4.69) is 15.5 Å². The van der Waals surface area contributed by atoms with Gasteiger partial charge in [-0.3, -0.25) is 18.5 Å². The smallest absolute Gasteiger partial charge is 0.332 e. The fourth-order valence-corrected chi connectivity index (χ4v) is 4.18. The molecule has 0 radical (unpaired) electrons. The van der Waals surface area contributed by atoms with Gasteiger partial charge in [0.25, 0.3) is 5.56 Å². The summed E-state index contributed by atoms with van der Waals surface area (Å²) in [6.45, 7) is 2.33. The Morgan fingerprint density at radius 3 is 2.03 bits per heavy atom. The third-order valence-electron chi connectivity index (χ3n) is 6.21.